The second-order valence-corrected chi connectivity index (χ2v) is 4.23. The lowest BCUT2D eigenvalue weighted by atomic mass is 10.2. The summed E-state index contributed by atoms with van der Waals surface area (Å²) in [5, 5.41) is 3.49. The maximum atomic E-state index is 5.71. The van der Waals surface area contributed by atoms with E-state index in [-0.39, 0.29) is 6.04 Å². The average molecular weight is 225 g/mol. The minimum absolute atomic E-state index is 0.257. The highest BCUT2D eigenvalue weighted by Crippen LogP contribution is 2.17. The number of aryl methyl sites for hydroxylation is 1. The molecule has 0 aromatic carbocycles. The fourth-order valence-corrected chi connectivity index (χ4v) is 1.70. The highest BCUT2D eigenvalue weighted by molar-refractivity contribution is 5.10. The van der Waals surface area contributed by atoms with Gasteiger partial charge in [0.15, 0.2) is 0 Å². The second-order valence-electron chi connectivity index (χ2n) is 4.23. The number of furan rings is 1. The molecule has 16 heavy (non-hydrogen) atoms. The van der Waals surface area contributed by atoms with Crippen LogP contribution in [0.2, 0.25) is 0 Å². The van der Waals surface area contributed by atoms with Crippen LogP contribution in [0.5, 0.6) is 0 Å². The number of ether oxygens (including phenoxy) is 1. The zero-order valence-electron chi connectivity index (χ0n) is 10.7. The molecule has 0 fully saturated rings. The summed E-state index contributed by atoms with van der Waals surface area (Å²) >= 11 is 0. The van der Waals surface area contributed by atoms with Crippen molar-refractivity contribution >= 4 is 0 Å². The molecule has 0 aliphatic heterocycles. The van der Waals surface area contributed by atoms with Gasteiger partial charge in [-0.3, -0.25) is 0 Å². The van der Waals surface area contributed by atoms with E-state index in [0.29, 0.717) is 6.04 Å². The highest BCUT2D eigenvalue weighted by atomic mass is 16.5. The van der Waals surface area contributed by atoms with Crippen LogP contribution in [0, 0.1) is 0 Å². The number of hydrogen-bond donors (Lipinski definition) is 1. The van der Waals surface area contributed by atoms with E-state index in [1.807, 2.05) is 6.07 Å². The molecular weight excluding hydrogens is 202 g/mol. The van der Waals surface area contributed by atoms with Gasteiger partial charge in [0.25, 0.3) is 0 Å². The molecule has 1 rings (SSSR count). The van der Waals surface area contributed by atoms with Crippen molar-refractivity contribution < 1.29 is 9.15 Å². The van der Waals surface area contributed by atoms with E-state index in [1.54, 1.807) is 7.11 Å². The lowest BCUT2D eigenvalue weighted by molar-refractivity contribution is 0.182. The normalized spacial score (nSPS) is 15.0. The van der Waals surface area contributed by atoms with Gasteiger partial charge in [-0.1, -0.05) is 6.92 Å². The minimum atomic E-state index is 0.257. The Bertz CT molecular complexity index is 296. The molecule has 1 aromatic heterocycles. The van der Waals surface area contributed by atoms with Gasteiger partial charge in [-0.25, -0.2) is 0 Å². The van der Waals surface area contributed by atoms with Crippen molar-refractivity contribution in [1.29, 1.82) is 0 Å². The molecule has 92 valence electrons. The van der Waals surface area contributed by atoms with E-state index in [4.69, 9.17) is 9.15 Å². The molecule has 1 heterocycles. The van der Waals surface area contributed by atoms with Gasteiger partial charge >= 0.3 is 0 Å². The smallest absolute Gasteiger partial charge is 0.120 e. The topological polar surface area (TPSA) is 34.4 Å². The number of hydrogen-bond acceptors (Lipinski definition) is 3. The SMILES string of the molecule is CCc1ccc([C@@H](C)N[C@H](C)CCOC)o1. The number of rotatable bonds is 7. The van der Waals surface area contributed by atoms with Crippen LogP contribution in [0.4, 0.5) is 0 Å². The molecule has 3 heteroatoms. The zero-order chi connectivity index (χ0) is 12.0. The van der Waals surface area contributed by atoms with Crippen molar-refractivity contribution in [1.82, 2.24) is 5.32 Å². The Morgan fingerprint density at radius 2 is 2.12 bits per heavy atom. The maximum Gasteiger partial charge on any atom is 0.120 e. The first kappa shape index (κ1) is 13.3. The summed E-state index contributed by atoms with van der Waals surface area (Å²) < 4.78 is 10.8. The van der Waals surface area contributed by atoms with Gasteiger partial charge in [0.05, 0.1) is 6.04 Å². The minimum Gasteiger partial charge on any atom is -0.464 e. The fraction of sp³-hybridized carbons (Fsp3) is 0.692. The standard InChI is InChI=1S/C13H23NO2/c1-5-12-6-7-13(16-12)11(3)14-10(2)8-9-15-4/h6-7,10-11,14H,5,8-9H2,1-4H3/t10-,11-/m1/s1. The first-order valence-electron chi connectivity index (χ1n) is 6.01. The Morgan fingerprint density at radius 1 is 1.38 bits per heavy atom. The molecule has 0 bridgehead atoms. The van der Waals surface area contributed by atoms with Crippen molar-refractivity contribution in [3.8, 4) is 0 Å². The Hall–Kier alpha value is -0.800. The summed E-state index contributed by atoms with van der Waals surface area (Å²) in [6.07, 6.45) is 1.97. The third-order valence-corrected chi connectivity index (χ3v) is 2.75. The summed E-state index contributed by atoms with van der Waals surface area (Å²) in [5.74, 6) is 2.06. The molecule has 2 atom stereocenters. The Labute approximate surface area is 98.2 Å². The van der Waals surface area contributed by atoms with Crippen LogP contribution in [0.3, 0.4) is 0 Å². The molecular formula is C13H23NO2. The predicted octanol–water partition coefficient (Wildman–Crippen LogP) is 2.92. The zero-order valence-corrected chi connectivity index (χ0v) is 10.7. The van der Waals surface area contributed by atoms with E-state index in [9.17, 15) is 0 Å². The van der Waals surface area contributed by atoms with Gasteiger partial charge in [0.2, 0.25) is 0 Å². The van der Waals surface area contributed by atoms with Gasteiger partial charge in [0.1, 0.15) is 11.5 Å². The van der Waals surface area contributed by atoms with E-state index < -0.39 is 0 Å². The second kappa shape index (κ2) is 6.71. The van der Waals surface area contributed by atoms with Crippen LogP contribution < -0.4 is 5.32 Å². The van der Waals surface area contributed by atoms with Crippen LogP contribution in [-0.2, 0) is 11.2 Å². The van der Waals surface area contributed by atoms with Crippen LogP contribution in [-0.4, -0.2) is 19.8 Å². The van der Waals surface area contributed by atoms with E-state index in [2.05, 4.69) is 32.2 Å². The summed E-state index contributed by atoms with van der Waals surface area (Å²) in [4.78, 5) is 0. The van der Waals surface area contributed by atoms with E-state index >= 15 is 0 Å². The van der Waals surface area contributed by atoms with Crippen molar-refractivity contribution in [2.45, 2.75) is 45.7 Å². The highest BCUT2D eigenvalue weighted by Gasteiger charge is 2.12. The largest absolute Gasteiger partial charge is 0.464 e. The number of nitrogens with one attached hydrogen (secondary N) is 1. The Morgan fingerprint density at radius 3 is 2.69 bits per heavy atom. The third kappa shape index (κ3) is 3.99. The van der Waals surface area contributed by atoms with Gasteiger partial charge in [-0.2, -0.15) is 0 Å². The number of methoxy groups -OCH3 is 1. The van der Waals surface area contributed by atoms with Gasteiger partial charge in [-0.05, 0) is 32.4 Å². The predicted molar refractivity (Wildman–Crippen MR) is 65.6 cm³/mol. The molecule has 1 N–H and O–H groups in total. The van der Waals surface area contributed by atoms with Crippen LogP contribution in [0.25, 0.3) is 0 Å². The van der Waals surface area contributed by atoms with Crippen molar-refractivity contribution in [2.24, 2.45) is 0 Å². The Balaban J connectivity index is 2.41. The average Bonchev–Trinajstić information content (AvgIpc) is 2.74. The molecule has 0 aliphatic rings. The first-order valence-corrected chi connectivity index (χ1v) is 6.01. The molecule has 0 saturated heterocycles. The van der Waals surface area contributed by atoms with E-state index in [0.717, 1.165) is 31.0 Å². The van der Waals surface area contributed by atoms with Crippen LogP contribution >= 0.6 is 0 Å². The summed E-state index contributed by atoms with van der Waals surface area (Å²) in [5.41, 5.74) is 0. The molecule has 0 unspecified atom stereocenters. The van der Waals surface area contributed by atoms with Crippen LogP contribution in [0.15, 0.2) is 16.5 Å². The van der Waals surface area contributed by atoms with Crippen LogP contribution in [0.1, 0.15) is 44.8 Å². The van der Waals surface area contributed by atoms with Crippen molar-refractivity contribution in [3.63, 3.8) is 0 Å². The molecule has 0 amide bonds. The monoisotopic (exact) mass is 225 g/mol. The molecule has 0 radical (unpaired) electrons. The molecule has 3 nitrogen and oxygen atoms in total. The van der Waals surface area contributed by atoms with Gasteiger partial charge in [0, 0.05) is 26.2 Å². The summed E-state index contributed by atoms with van der Waals surface area (Å²) in [6.45, 7) is 7.18. The molecule has 1 aromatic rings. The maximum absolute atomic E-state index is 5.71. The van der Waals surface area contributed by atoms with Gasteiger partial charge in [-0.15, -0.1) is 0 Å². The van der Waals surface area contributed by atoms with Gasteiger partial charge < -0.3 is 14.5 Å². The first-order chi connectivity index (χ1) is 7.67. The lowest BCUT2D eigenvalue weighted by Crippen LogP contribution is -2.29. The summed E-state index contributed by atoms with van der Waals surface area (Å²) in [6, 6.07) is 4.80. The van der Waals surface area contributed by atoms with Crippen molar-refractivity contribution in [3.05, 3.63) is 23.7 Å². The third-order valence-electron chi connectivity index (χ3n) is 2.75. The Kier molecular flexibility index (Phi) is 5.56. The quantitative estimate of drug-likeness (QED) is 0.774. The molecule has 0 aliphatic carbocycles. The fourth-order valence-electron chi connectivity index (χ4n) is 1.70. The lowest BCUT2D eigenvalue weighted by Gasteiger charge is -2.18. The molecule has 0 spiro atoms. The van der Waals surface area contributed by atoms with E-state index in [1.165, 1.54) is 0 Å². The molecule has 0 saturated carbocycles. The summed E-state index contributed by atoms with van der Waals surface area (Å²) in [7, 11) is 1.73. The van der Waals surface area contributed by atoms with Crippen molar-refractivity contribution in [2.75, 3.05) is 13.7 Å².